The smallest absolute Gasteiger partial charge is 0.253 e. The van der Waals surface area contributed by atoms with Gasteiger partial charge in [-0.25, -0.2) is 0 Å². The summed E-state index contributed by atoms with van der Waals surface area (Å²) in [6.45, 7) is 0.594. The second kappa shape index (κ2) is 15.7. The average molecular weight is 589 g/mol. The number of carbonyl (C=O) groups excluding carboxylic acids is 2. The first-order valence-electron chi connectivity index (χ1n) is 14.7. The summed E-state index contributed by atoms with van der Waals surface area (Å²) in [6.07, 6.45) is 9.82. The normalized spacial score (nSPS) is 12.4. The first kappa shape index (κ1) is 30.0. The van der Waals surface area contributed by atoms with Crippen molar-refractivity contribution in [2.24, 2.45) is 0 Å². The predicted octanol–water partition coefficient (Wildman–Crippen LogP) is 6.06. The molecule has 43 heavy (non-hydrogen) atoms. The summed E-state index contributed by atoms with van der Waals surface area (Å²) in [5, 5.41) is 8.43. The van der Waals surface area contributed by atoms with Crippen LogP contribution in [0.15, 0.2) is 122 Å². The highest BCUT2D eigenvalue weighted by molar-refractivity contribution is 8.00. The van der Waals surface area contributed by atoms with Crippen molar-refractivity contribution in [3.63, 3.8) is 0 Å². The van der Waals surface area contributed by atoms with Crippen LogP contribution in [-0.2, 0) is 24.1 Å². The third-order valence-electron chi connectivity index (χ3n) is 7.32. The Morgan fingerprint density at radius 1 is 0.744 bits per heavy atom. The third kappa shape index (κ3) is 9.00. The van der Waals surface area contributed by atoms with Crippen LogP contribution in [0, 0.1) is 0 Å². The van der Waals surface area contributed by atoms with Gasteiger partial charge in [0.25, 0.3) is 5.91 Å². The minimum absolute atomic E-state index is 0.0162. The van der Waals surface area contributed by atoms with Gasteiger partial charge in [0, 0.05) is 43.1 Å². The second-order valence-corrected chi connectivity index (χ2v) is 11.8. The van der Waals surface area contributed by atoms with Crippen LogP contribution in [-0.4, -0.2) is 45.4 Å². The highest BCUT2D eigenvalue weighted by atomic mass is 32.2. The molecule has 7 heteroatoms. The van der Waals surface area contributed by atoms with Crippen molar-refractivity contribution in [3.05, 3.63) is 144 Å². The molecular weight excluding hydrogens is 552 g/mol. The van der Waals surface area contributed by atoms with Crippen molar-refractivity contribution < 1.29 is 9.59 Å². The highest BCUT2D eigenvalue weighted by Gasteiger charge is 2.23. The van der Waals surface area contributed by atoms with Crippen molar-refractivity contribution in [2.45, 2.75) is 37.0 Å². The topological polar surface area (TPSA) is 84.0 Å². The Hall–Kier alpha value is -4.49. The molecule has 0 spiro atoms. The molecule has 0 radical (unpaired) electrons. The molecule has 2 aromatic heterocycles. The van der Waals surface area contributed by atoms with Gasteiger partial charge in [0.15, 0.2) is 0 Å². The Morgan fingerprint density at radius 3 is 2.28 bits per heavy atom. The molecule has 0 fully saturated rings. The van der Waals surface area contributed by atoms with E-state index in [0.29, 0.717) is 30.7 Å². The number of nitrogens with one attached hydrogen (secondary N) is 2. The maximum Gasteiger partial charge on any atom is 0.253 e. The largest absolute Gasteiger partial charge is 0.355 e. The van der Waals surface area contributed by atoms with E-state index in [2.05, 4.69) is 69.1 Å². The number of thioether (sulfide) groups is 1. The molecule has 0 aliphatic carbocycles. The number of hydrogen-bond acceptors (Lipinski definition) is 5. The molecule has 0 bridgehead atoms. The summed E-state index contributed by atoms with van der Waals surface area (Å²) in [5.41, 5.74) is 3.94. The molecule has 5 rings (SSSR count). The van der Waals surface area contributed by atoms with E-state index >= 15 is 0 Å². The minimum atomic E-state index is -0.300. The van der Waals surface area contributed by atoms with Crippen molar-refractivity contribution in [3.8, 4) is 0 Å². The van der Waals surface area contributed by atoms with Gasteiger partial charge < -0.3 is 10.6 Å². The predicted molar refractivity (Wildman–Crippen MR) is 175 cm³/mol. The number of aromatic nitrogens is 2. The van der Waals surface area contributed by atoms with E-state index in [1.807, 2.05) is 42.6 Å². The van der Waals surface area contributed by atoms with E-state index in [1.165, 1.54) is 5.39 Å². The van der Waals surface area contributed by atoms with Gasteiger partial charge in [-0.15, -0.1) is 11.8 Å². The first-order chi connectivity index (χ1) is 21.2. The summed E-state index contributed by atoms with van der Waals surface area (Å²) in [7, 11) is 0. The fourth-order valence-corrected chi connectivity index (χ4v) is 6.32. The van der Waals surface area contributed by atoms with E-state index < -0.39 is 0 Å². The molecule has 0 unspecified atom stereocenters. The van der Waals surface area contributed by atoms with Gasteiger partial charge in [-0.05, 0) is 71.3 Å². The zero-order valence-corrected chi connectivity index (χ0v) is 24.9. The zero-order chi connectivity index (χ0) is 29.7. The maximum atomic E-state index is 13.5. The lowest BCUT2D eigenvalue weighted by Gasteiger charge is -2.23. The molecule has 2 heterocycles. The summed E-state index contributed by atoms with van der Waals surface area (Å²) in [5.74, 6) is 0.427. The first-order valence-corrected chi connectivity index (χ1v) is 15.7. The van der Waals surface area contributed by atoms with Crippen molar-refractivity contribution in [1.29, 1.82) is 0 Å². The van der Waals surface area contributed by atoms with Crippen molar-refractivity contribution in [2.75, 3.05) is 12.3 Å². The Balaban J connectivity index is 1.30. The van der Waals surface area contributed by atoms with E-state index in [9.17, 15) is 9.59 Å². The molecule has 0 aliphatic rings. The fraction of sp³-hybridized carbons (Fsp3) is 0.222. The van der Waals surface area contributed by atoms with E-state index in [0.717, 1.165) is 34.9 Å². The monoisotopic (exact) mass is 588 g/mol. The van der Waals surface area contributed by atoms with Gasteiger partial charge in [0.05, 0.1) is 10.8 Å². The van der Waals surface area contributed by atoms with Gasteiger partial charge in [0.2, 0.25) is 5.91 Å². The number of pyridine rings is 2. The lowest BCUT2D eigenvalue weighted by Crippen LogP contribution is -2.40. The molecule has 6 nitrogen and oxygen atoms in total. The molecular formula is C36H36N4O2S. The summed E-state index contributed by atoms with van der Waals surface area (Å²) in [6, 6.07) is 32.0. The van der Waals surface area contributed by atoms with Crippen molar-refractivity contribution in [1.82, 2.24) is 20.6 Å². The molecule has 2 atom stereocenters. The quantitative estimate of drug-likeness (QED) is 0.154. The number of aryl methyl sites for hydroxylation is 1. The number of amides is 2. The number of rotatable bonds is 14. The average Bonchev–Trinajstić information content (AvgIpc) is 3.06. The molecule has 0 saturated carbocycles. The van der Waals surface area contributed by atoms with Gasteiger partial charge in [-0.2, -0.15) is 0 Å². The molecule has 5 aromatic rings. The van der Waals surface area contributed by atoms with Crippen LogP contribution in [0.1, 0.15) is 33.5 Å². The van der Waals surface area contributed by atoms with E-state index in [1.54, 1.807) is 42.5 Å². The van der Waals surface area contributed by atoms with Crippen LogP contribution in [0.3, 0.4) is 0 Å². The molecule has 2 amide bonds. The SMILES string of the molecule is O=C(N[C@H](CS[C@H](Cc1ccccc1)C(=O)NCCCc1cccnc1)Cc1cccc2ccccc12)c1cccnc1. The fourth-order valence-electron chi connectivity index (χ4n) is 5.11. The van der Waals surface area contributed by atoms with Crippen LogP contribution in [0.2, 0.25) is 0 Å². The van der Waals surface area contributed by atoms with Gasteiger partial charge in [0.1, 0.15) is 0 Å². The Kier molecular flexibility index (Phi) is 10.9. The van der Waals surface area contributed by atoms with Crippen LogP contribution >= 0.6 is 11.8 Å². The van der Waals surface area contributed by atoms with Gasteiger partial charge >= 0.3 is 0 Å². The lowest BCUT2D eigenvalue weighted by molar-refractivity contribution is -0.120. The second-order valence-electron chi connectivity index (χ2n) is 10.5. The van der Waals surface area contributed by atoms with Crippen LogP contribution in [0.4, 0.5) is 0 Å². The summed E-state index contributed by atoms with van der Waals surface area (Å²) >= 11 is 1.60. The van der Waals surface area contributed by atoms with Crippen LogP contribution < -0.4 is 10.6 Å². The number of carbonyl (C=O) groups is 2. The Bertz CT molecular complexity index is 1590. The zero-order valence-electron chi connectivity index (χ0n) is 24.1. The summed E-state index contributed by atoms with van der Waals surface area (Å²) < 4.78 is 0. The molecule has 3 aromatic carbocycles. The number of fused-ring (bicyclic) bond motifs is 1. The summed E-state index contributed by atoms with van der Waals surface area (Å²) in [4.78, 5) is 35.0. The van der Waals surface area contributed by atoms with Crippen LogP contribution in [0.25, 0.3) is 10.8 Å². The van der Waals surface area contributed by atoms with Crippen LogP contribution in [0.5, 0.6) is 0 Å². The van der Waals surface area contributed by atoms with Gasteiger partial charge in [-0.1, -0.05) is 78.9 Å². The van der Waals surface area contributed by atoms with Crippen molar-refractivity contribution >= 4 is 34.3 Å². The van der Waals surface area contributed by atoms with Gasteiger partial charge in [-0.3, -0.25) is 19.6 Å². The third-order valence-corrected chi connectivity index (χ3v) is 8.70. The Morgan fingerprint density at radius 2 is 1.49 bits per heavy atom. The Labute approximate surface area is 257 Å². The molecule has 0 aliphatic heterocycles. The molecule has 2 N–H and O–H groups in total. The minimum Gasteiger partial charge on any atom is -0.355 e. The molecule has 218 valence electrons. The lowest BCUT2D eigenvalue weighted by atomic mass is 9.99. The highest BCUT2D eigenvalue weighted by Crippen LogP contribution is 2.23. The van der Waals surface area contributed by atoms with E-state index in [4.69, 9.17) is 0 Å². The number of benzene rings is 3. The number of nitrogens with zero attached hydrogens (tertiary/aromatic N) is 2. The standard InChI is InChI=1S/C36H36N4O2S/c41-35(31-17-9-20-38-25-31)40-32(23-30-16-6-15-29-14-4-5-18-33(29)30)26-43-34(22-27-10-2-1-3-11-27)36(42)39-21-8-13-28-12-7-19-37-24-28/h1-7,9-12,14-20,24-25,32,34H,8,13,21-23,26H2,(H,39,42)(H,40,41)/t32-,34+/m0/s1. The number of hydrogen-bond donors (Lipinski definition) is 2. The maximum absolute atomic E-state index is 13.5. The van der Waals surface area contributed by atoms with E-state index in [-0.39, 0.29) is 23.1 Å². The molecule has 0 saturated heterocycles.